The van der Waals surface area contributed by atoms with Crippen LogP contribution in [0.4, 0.5) is 5.95 Å². The van der Waals surface area contributed by atoms with Crippen LogP contribution < -0.4 is 4.90 Å². The van der Waals surface area contributed by atoms with Gasteiger partial charge in [0, 0.05) is 13.1 Å². The van der Waals surface area contributed by atoms with Crippen molar-refractivity contribution in [2.75, 3.05) is 18.0 Å². The first kappa shape index (κ1) is 11.0. The maximum absolute atomic E-state index is 6.22. The van der Waals surface area contributed by atoms with Crippen molar-refractivity contribution >= 4 is 29.2 Å². The Hall–Kier alpha value is -0.540. The van der Waals surface area contributed by atoms with Crippen LogP contribution in [0, 0.1) is 5.92 Å². The van der Waals surface area contributed by atoms with E-state index in [0.717, 1.165) is 25.5 Å². The average molecular weight is 246 g/mol. The lowest BCUT2D eigenvalue weighted by Crippen LogP contribution is -2.41. The first-order chi connectivity index (χ1) is 7.16. The summed E-state index contributed by atoms with van der Waals surface area (Å²) in [4.78, 5) is 10.5. The molecule has 0 spiro atoms. The molecular formula is C10H13Cl2N3. The topological polar surface area (TPSA) is 29.0 Å². The molecule has 0 amide bonds. The summed E-state index contributed by atoms with van der Waals surface area (Å²) in [7, 11) is 0. The van der Waals surface area contributed by atoms with Gasteiger partial charge in [0.05, 0.1) is 22.8 Å². The Bertz CT molecular complexity index is 328. The quantitative estimate of drug-likeness (QED) is 0.713. The van der Waals surface area contributed by atoms with Crippen LogP contribution in [0.3, 0.4) is 0 Å². The van der Waals surface area contributed by atoms with Gasteiger partial charge in [0.25, 0.3) is 0 Å². The molecule has 15 heavy (non-hydrogen) atoms. The second-order valence-electron chi connectivity index (χ2n) is 3.93. The predicted molar refractivity (Wildman–Crippen MR) is 62.7 cm³/mol. The Labute approximate surface area is 99.4 Å². The summed E-state index contributed by atoms with van der Waals surface area (Å²) >= 11 is 12.0. The van der Waals surface area contributed by atoms with Crippen LogP contribution in [-0.2, 0) is 0 Å². The van der Waals surface area contributed by atoms with Crippen molar-refractivity contribution in [3.05, 3.63) is 17.4 Å². The first-order valence-corrected chi connectivity index (χ1v) is 5.85. The third-order valence-corrected chi connectivity index (χ3v) is 3.52. The Kier molecular flexibility index (Phi) is 3.32. The van der Waals surface area contributed by atoms with E-state index in [4.69, 9.17) is 23.2 Å². The molecule has 1 saturated heterocycles. The lowest BCUT2D eigenvalue weighted by atomic mass is 9.99. The number of nitrogens with zero attached hydrogens (tertiary/aromatic N) is 3. The van der Waals surface area contributed by atoms with Gasteiger partial charge in [0.15, 0.2) is 0 Å². The molecule has 2 heterocycles. The zero-order valence-electron chi connectivity index (χ0n) is 8.53. The smallest absolute Gasteiger partial charge is 0.225 e. The highest BCUT2D eigenvalue weighted by molar-refractivity contribution is 6.30. The minimum Gasteiger partial charge on any atom is -0.339 e. The summed E-state index contributed by atoms with van der Waals surface area (Å²) < 4.78 is 0. The Morgan fingerprint density at radius 2 is 2.07 bits per heavy atom. The van der Waals surface area contributed by atoms with Gasteiger partial charge in [-0.3, -0.25) is 0 Å². The Morgan fingerprint density at radius 1 is 1.40 bits per heavy atom. The maximum Gasteiger partial charge on any atom is 0.225 e. The molecule has 82 valence electrons. The molecule has 0 radical (unpaired) electrons. The average Bonchev–Trinajstić information content (AvgIpc) is 2.23. The van der Waals surface area contributed by atoms with Gasteiger partial charge in [-0.15, -0.1) is 11.6 Å². The zero-order chi connectivity index (χ0) is 10.8. The molecule has 0 aliphatic carbocycles. The SMILES string of the molecule is CC1CCN(c2ncc(Cl)cn2)CC1Cl. The largest absolute Gasteiger partial charge is 0.339 e. The monoisotopic (exact) mass is 245 g/mol. The molecule has 0 N–H and O–H groups in total. The second kappa shape index (κ2) is 4.54. The normalized spacial score (nSPS) is 26.7. The highest BCUT2D eigenvalue weighted by Crippen LogP contribution is 2.24. The molecule has 1 aliphatic rings. The van der Waals surface area contributed by atoms with Crippen LogP contribution in [-0.4, -0.2) is 28.4 Å². The van der Waals surface area contributed by atoms with E-state index in [0.29, 0.717) is 10.9 Å². The molecule has 0 saturated carbocycles. The molecule has 1 aromatic rings. The fourth-order valence-corrected chi connectivity index (χ4v) is 2.06. The second-order valence-corrected chi connectivity index (χ2v) is 4.93. The first-order valence-electron chi connectivity index (χ1n) is 5.03. The van der Waals surface area contributed by atoms with E-state index in [1.807, 2.05) is 0 Å². The lowest BCUT2D eigenvalue weighted by molar-refractivity contribution is 0.441. The van der Waals surface area contributed by atoms with Gasteiger partial charge in [-0.25, -0.2) is 9.97 Å². The van der Waals surface area contributed by atoms with E-state index in [1.165, 1.54) is 0 Å². The van der Waals surface area contributed by atoms with Gasteiger partial charge in [0.1, 0.15) is 0 Å². The highest BCUT2D eigenvalue weighted by atomic mass is 35.5. The number of aromatic nitrogens is 2. The molecular weight excluding hydrogens is 233 g/mol. The Balaban J connectivity index is 2.08. The van der Waals surface area contributed by atoms with Gasteiger partial charge < -0.3 is 4.90 Å². The van der Waals surface area contributed by atoms with Gasteiger partial charge >= 0.3 is 0 Å². The molecule has 1 aliphatic heterocycles. The lowest BCUT2D eigenvalue weighted by Gasteiger charge is -2.33. The predicted octanol–water partition coefficient (Wildman–Crippen LogP) is 2.58. The molecule has 2 rings (SSSR count). The van der Waals surface area contributed by atoms with Crippen LogP contribution in [0.2, 0.25) is 5.02 Å². The number of piperidine rings is 1. The van der Waals surface area contributed by atoms with Gasteiger partial charge in [0.2, 0.25) is 5.95 Å². The number of hydrogen-bond acceptors (Lipinski definition) is 3. The van der Waals surface area contributed by atoms with Crippen molar-refractivity contribution < 1.29 is 0 Å². The number of hydrogen-bond donors (Lipinski definition) is 0. The van der Waals surface area contributed by atoms with E-state index < -0.39 is 0 Å². The van der Waals surface area contributed by atoms with Crippen molar-refractivity contribution in [3.8, 4) is 0 Å². The summed E-state index contributed by atoms with van der Waals surface area (Å²) in [5, 5.41) is 0.740. The molecule has 3 nitrogen and oxygen atoms in total. The van der Waals surface area contributed by atoms with E-state index in [1.54, 1.807) is 12.4 Å². The molecule has 1 fully saturated rings. The number of alkyl halides is 1. The van der Waals surface area contributed by atoms with Crippen molar-refractivity contribution in [2.24, 2.45) is 5.92 Å². The van der Waals surface area contributed by atoms with Crippen LogP contribution in [0.25, 0.3) is 0 Å². The van der Waals surface area contributed by atoms with Crippen LogP contribution in [0.1, 0.15) is 13.3 Å². The highest BCUT2D eigenvalue weighted by Gasteiger charge is 2.25. The summed E-state index contributed by atoms with van der Waals surface area (Å²) in [5.41, 5.74) is 0. The van der Waals surface area contributed by atoms with Crippen molar-refractivity contribution in [1.82, 2.24) is 9.97 Å². The van der Waals surface area contributed by atoms with Gasteiger partial charge in [-0.1, -0.05) is 18.5 Å². The molecule has 2 atom stereocenters. The molecule has 1 aromatic heterocycles. The van der Waals surface area contributed by atoms with Gasteiger partial charge in [-0.05, 0) is 12.3 Å². The standard InChI is InChI=1S/C10H13Cl2N3/c1-7-2-3-15(6-9(7)12)10-13-4-8(11)5-14-10/h4-5,7,9H,2-3,6H2,1H3. The zero-order valence-corrected chi connectivity index (χ0v) is 10.0. The van der Waals surface area contributed by atoms with Crippen molar-refractivity contribution in [1.29, 1.82) is 0 Å². The summed E-state index contributed by atoms with van der Waals surface area (Å²) in [5.74, 6) is 1.28. The van der Waals surface area contributed by atoms with E-state index in [2.05, 4.69) is 21.8 Å². The number of halogens is 2. The van der Waals surface area contributed by atoms with Crippen LogP contribution in [0.15, 0.2) is 12.4 Å². The Morgan fingerprint density at radius 3 is 2.67 bits per heavy atom. The molecule has 5 heteroatoms. The van der Waals surface area contributed by atoms with Crippen molar-refractivity contribution in [3.63, 3.8) is 0 Å². The van der Waals surface area contributed by atoms with Crippen LogP contribution >= 0.6 is 23.2 Å². The van der Waals surface area contributed by atoms with E-state index in [-0.39, 0.29) is 5.38 Å². The minimum atomic E-state index is 0.179. The maximum atomic E-state index is 6.22. The number of anilines is 1. The van der Waals surface area contributed by atoms with E-state index in [9.17, 15) is 0 Å². The summed E-state index contributed by atoms with van der Waals surface area (Å²) in [6.07, 6.45) is 4.32. The molecule has 0 aromatic carbocycles. The number of rotatable bonds is 1. The summed E-state index contributed by atoms with van der Waals surface area (Å²) in [6.45, 7) is 3.95. The van der Waals surface area contributed by atoms with Crippen LogP contribution in [0.5, 0.6) is 0 Å². The molecule has 2 unspecified atom stereocenters. The van der Waals surface area contributed by atoms with Crippen molar-refractivity contribution in [2.45, 2.75) is 18.7 Å². The third kappa shape index (κ3) is 2.52. The minimum absolute atomic E-state index is 0.179. The molecule has 0 bridgehead atoms. The fourth-order valence-electron chi connectivity index (χ4n) is 1.67. The van der Waals surface area contributed by atoms with E-state index >= 15 is 0 Å². The van der Waals surface area contributed by atoms with Gasteiger partial charge in [-0.2, -0.15) is 0 Å². The summed E-state index contributed by atoms with van der Waals surface area (Å²) in [6, 6.07) is 0. The third-order valence-electron chi connectivity index (χ3n) is 2.76. The fraction of sp³-hybridized carbons (Fsp3) is 0.600.